The average molecular weight is 301 g/mol. The van der Waals surface area contributed by atoms with Crippen molar-refractivity contribution >= 4 is 21.9 Å². The van der Waals surface area contributed by atoms with E-state index in [1.165, 1.54) is 0 Å². The predicted octanol–water partition coefficient (Wildman–Crippen LogP) is 3.36. The van der Waals surface area contributed by atoms with Crippen LogP contribution in [-0.4, -0.2) is 18.2 Å². The zero-order chi connectivity index (χ0) is 13.0. The van der Waals surface area contributed by atoms with Crippen LogP contribution in [0.5, 0.6) is 5.75 Å². The van der Waals surface area contributed by atoms with E-state index in [-0.39, 0.29) is 11.8 Å². The van der Waals surface area contributed by atoms with E-state index >= 15 is 0 Å². The minimum absolute atomic E-state index is 0.102. The number of ether oxygens (including phenoxy) is 1. The monoisotopic (exact) mass is 300 g/mol. The van der Waals surface area contributed by atoms with Gasteiger partial charge in [0, 0.05) is 4.47 Å². The van der Waals surface area contributed by atoms with Crippen LogP contribution < -0.4 is 4.74 Å². The van der Waals surface area contributed by atoms with Crippen LogP contribution in [0.4, 0.5) is 0 Å². The molecule has 0 aliphatic carbocycles. The van der Waals surface area contributed by atoms with Gasteiger partial charge in [0.05, 0.1) is 13.0 Å². The summed E-state index contributed by atoms with van der Waals surface area (Å²) >= 11 is 3.44. The fraction of sp³-hybridized carbons (Fsp3) is 0.462. The summed E-state index contributed by atoms with van der Waals surface area (Å²) in [6, 6.07) is 5.61. The van der Waals surface area contributed by atoms with E-state index in [4.69, 9.17) is 4.74 Å². The minimum atomic E-state index is -0.755. The van der Waals surface area contributed by atoms with Gasteiger partial charge in [0.25, 0.3) is 0 Å². The number of rotatable bonds is 5. The van der Waals surface area contributed by atoms with Crippen LogP contribution >= 0.6 is 15.9 Å². The summed E-state index contributed by atoms with van der Waals surface area (Å²) in [4.78, 5) is 11.2. The number of benzene rings is 1. The van der Waals surface area contributed by atoms with Gasteiger partial charge in [-0.3, -0.25) is 4.79 Å². The van der Waals surface area contributed by atoms with Gasteiger partial charge in [-0.2, -0.15) is 0 Å². The molecule has 0 aliphatic heterocycles. The summed E-state index contributed by atoms with van der Waals surface area (Å²) in [5.41, 5.74) is 0.963. The van der Waals surface area contributed by atoms with Crippen molar-refractivity contribution in [3.05, 3.63) is 28.2 Å². The maximum atomic E-state index is 11.2. The Hall–Kier alpha value is -1.03. The quantitative estimate of drug-likeness (QED) is 0.907. The first kappa shape index (κ1) is 14.0. The molecule has 0 saturated heterocycles. The zero-order valence-corrected chi connectivity index (χ0v) is 11.8. The minimum Gasteiger partial charge on any atom is -0.497 e. The van der Waals surface area contributed by atoms with Crippen LogP contribution in [0.15, 0.2) is 22.7 Å². The SMILES string of the molecule is COc1ccc(Br)c(CC(C(=O)O)C(C)C)c1. The molecule has 0 amide bonds. The Kier molecular flexibility index (Phi) is 5.00. The van der Waals surface area contributed by atoms with E-state index in [1.807, 2.05) is 32.0 Å². The molecule has 0 heterocycles. The van der Waals surface area contributed by atoms with Gasteiger partial charge in [0.15, 0.2) is 0 Å². The second-order valence-corrected chi connectivity index (χ2v) is 5.20. The van der Waals surface area contributed by atoms with Gasteiger partial charge in [-0.1, -0.05) is 29.8 Å². The van der Waals surface area contributed by atoms with E-state index in [1.54, 1.807) is 7.11 Å². The fourth-order valence-corrected chi connectivity index (χ4v) is 2.09. The Labute approximate surface area is 110 Å². The van der Waals surface area contributed by atoms with Gasteiger partial charge in [0.2, 0.25) is 0 Å². The molecule has 94 valence electrons. The lowest BCUT2D eigenvalue weighted by molar-refractivity contribution is -0.143. The number of hydrogen-bond acceptors (Lipinski definition) is 2. The van der Waals surface area contributed by atoms with Gasteiger partial charge >= 0.3 is 5.97 Å². The van der Waals surface area contributed by atoms with Gasteiger partial charge in [-0.25, -0.2) is 0 Å². The smallest absolute Gasteiger partial charge is 0.307 e. The van der Waals surface area contributed by atoms with Crippen molar-refractivity contribution in [2.24, 2.45) is 11.8 Å². The van der Waals surface area contributed by atoms with Crippen LogP contribution in [0.1, 0.15) is 19.4 Å². The molecule has 0 aliphatic rings. The summed E-state index contributed by atoms with van der Waals surface area (Å²) < 4.78 is 6.07. The van der Waals surface area contributed by atoms with Crippen LogP contribution in [0.2, 0.25) is 0 Å². The van der Waals surface area contributed by atoms with Gasteiger partial charge in [-0.15, -0.1) is 0 Å². The van der Waals surface area contributed by atoms with Crippen molar-refractivity contribution in [2.75, 3.05) is 7.11 Å². The summed E-state index contributed by atoms with van der Waals surface area (Å²) in [5, 5.41) is 9.18. The lowest BCUT2D eigenvalue weighted by Crippen LogP contribution is -2.22. The lowest BCUT2D eigenvalue weighted by atomic mass is 9.89. The topological polar surface area (TPSA) is 46.5 Å². The zero-order valence-electron chi connectivity index (χ0n) is 10.2. The maximum Gasteiger partial charge on any atom is 0.307 e. The van der Waals surface area contributed by atoms with Crippen LogP contribution in [-0.2, 0) is 11.2 Å². The molecule has 1 atom stereocenters. The molecule has 0 spiro atoms. The molecule has 1 aromatic carbocycles. The Balaban J connectivity index is 2.96. The molecule has 0 aromatic heterocycles. The van der Waals surface area contributed by atoms with Crippen molar-refractivity contribution in [1.82, 2.24) is 0 Å². The van der Waals surface area contributed by atoms with E-state index < -0.39 is 5.97 Å². The molecule has 17 heavy (non-hydrogen) atoms. The third-order valence-electron chi connectivity index (χ3n) is 2.81. The van der Waals surface area contributed by atoms with Crippen molar-refractivity contribution < 1.29 is 14.6 Å². The Morgan fingerprint density at radius 1 is 1.47 bits per heavy atom. The molecule has 0 fully saturated rings. The van der Waals surface area contributed by atoms with Crippen molar-refractivity contribution in [3.8, 4) is 5.75 Å². The van der Waals surface area contributed by atoms with Crippen molar-refractivity contribution in [2.45, 2.75) is 20.3 Å². The first-order valence-corrected chi connectivity index (χ1v) is 6.30. The molecule has 0 bridgehead atoms. The van der Waals surface area contributed by atoms with Gasteiger partial charge in [0.1, 0.15) is 5.75 Å². The van der Waals surface area contributed by atoms with Crippen LogP contribution in [0.25, 0.3) is 0 Å². The molecule has 0 radical (unpaired) electrons. The Bertz CT molecular complexity index is 402. The van der Waals surface area contributed by atoms with E-state index in [0.29, 0.717) is 6.42 Å². The highest BCUT2D eigenvalue weighted by Crippen LogP contribution is 2.27. The fourth-order valence-electron chi connectivity index (χ4n) is 1.68. The molecule has 1 unspecified atom stereocenters. The maximum absolute atomic E-state index is 11.2. The highest BCUT2D eigenvalue weighted by molar-refractivity contribution is 9.10. The number of carbonyl (C=O) groups is 1. The van der Waals surface area contributed by atoms with Crippen LogP contribution in [0.3, 0.4) is 0 Å². The number of hydrogen-bond donors (Lipinski definition) is 1. The van der Waals surface area contributed by atoms with Crippen molar-refractivity contribution in [1.29, 1.82) is 0 Å². The van der Waals surface area contributed by atoms with E-state index in [2.05, 4.69) is 15.9 Å². The molecule has 0 saturated carbocycles. The van der Waals surface area contributed by atoms with E-state index in [0.717, 1.165) is 15.8 Å². The second-order valence-electron chi connectivity index (χ2n) is 4.35. The molecule has 1 aromatic rings. The van der Waals surface area contributed by atoms with Crippen LogP contribution in [0, 0.1) is 11.8 Å². The molecular weight excluding hydrogens is 284 g/mol. The Morgan fingerprint density at radius 3 is 2.59 bits per heavy atom. The summed E-state index contributed by atoms with van der Waals surface area (Å²) in [6.45, 7) is 3.85. The predicted molar refractivity (Wildman–Crippen MR) is 70.4 cm³/mol. The molecule has 3 nitrogen and oxygen atoms in total. The van der Waals surface area contributed by atoms with E-state index in [9.17, 15) is 9.90 Å². The average Bonchev–Trinajstić information content (AvgIpc) is 2.27. The number of carboxylic acid groups (broad SMARTS) is 1. The van der Waals surface area contributed by atoms with Crippen molar-refractivity contribution in [3.63, 3.8) is 0 Å². The lowest BCUT2D eigenvalue weighted by Gasteiger charge is -2.17. The summed E-state index contributed by atoms with van der Waals surface area (Å²) in [5.74, 6) is -0.283. The third kappa shape index (κ3) is 3.73. The summed E-state index contributed by atoms with van der Waals surface area (Å²) in [6.07, 6.45) is 0.505. The molecule has 1 N–H and O–H groups in total. The Morgan fingerprint density at radius 2 is 2.12 bits per heavy atom. The highest BCUT2D eigenvalue weighted by atomic mass is 79.9. The van der Waals surface area contributed by atoms with Gasteiger partial charge in [-0.05, 0) is 36.1 Å². The summed E-state index contributed by atoms with van der Waals surface area (Å²) in [7, 11) is 1.60. The second kappa shape index (κ2) is 6.05. The number of halogens is 1. The largest absolute Gasteiger partial charge is 0.497 e. The normalized spacial score (nSPS) is 12.5. The first-order valence-electron chi connectivity index (χ1n) is 5.51. The third-order valence-corrected chi connectivity index (χ3v) is 3.59. The highest BCUT2D eigenvalue weighted by Gasteiger charge is 2.22. The number of carboxylic acids is 1. The number of methoxy groups -OCH3 is 1. The number of aliphatic carboxylic acids is 1. The first-order chi connectivity index (χ1) is 7.95. The van der Waals surface area contributed by atoms with Gasteiger partial charge < -0.3 is 9.84 Å². The molecule has 1 rings (SSSR count). The standard InChI is InChI=1S/C13H17BrO3/c1-8(2)11(13(15)16)7-9-6-10(17-3)4-5-12(9)14/h4-6,8,11H,7H2,1-3H3,(H,15,16). The molecular formula is C13H17BrO3. The molecule has 4 heteroatoms.